The number of aliphatic hydroxyl groups excluding tert-OH is 1. The third-order valence-corrected chi connectivity index (χ3v) is 4.32. The van der Waals surface area contributed by atoms with Gasteiger partial charge in [0.15, 0.2) is 0 Å². The van der Waals surface area contributed by atoms with Crippen LogP contribution in [-0.4, -0.2) is 41.7 Å². The molecule has 22 heavy (non-hydrogen) atoms. The van der Waals surface area contributed by atoms with Gasteiger partial charge in [-0.1, -0.05) is 12.1 Å². The Labute approximate surface area is 131 Å². The van der Waals surface area contributed by atoms with Crippen LogP contribution in [-0.2, 0) is 11.3 Å². The molecule has 0 bridgehead atoms. The van der Waals surface area contributed by atoms with Gasteiger partial charge in [-0.25, -0.2) is 4.39 Å². The molecule has 1 amide bonds. The van der Waals surface area contributed by atoms with Crippen molar-refractivity contribution in [3.63, 3.8) is 0 Å². The van der Waals surface area contributed by atoms with E-state index in [-0.39, 0.29) is 23.7 Å². The normalized spacial score (nSPS) is 20.6. The molecule has 0 aromatic heterocycles. The molecule has 1 saturated heterocycles. The lowest BCUT2D eigenvalue weighted by Gasteiger charge is -2.33. The average molecular weight is 308 g/mol. The lowest BCUT2D eigenvalue weighted by Crippen LogP contribution is -2.44. The number of carbonyl (C=O) groups is 1. The average Bonchev–Trinajstić information content (AvgIpc) is 2.49. The van der Waals surface area contributed by atoms with Gasteiger partial charge in [0.25, 0.3) is 0 Å². The van der Waals surface area contributed by atoms with Crippen LogP contribution in [0.15, 0.2) is 18.2 Å². The van der Waals surface area contributed by atoms with E-state index in [4.69, 9.17) is 0 Å². The highest BCUT2D eigenvalue weighted by molar-refractivity contribution is 5.78. The largest absolute Gasteiger partial charge is 0.393 e. The molecular weight excluding hydrogens is 283 g/mol. The summed E-state index contributed by atoms with van der Waals surface area (Å²) < 4.78 is 13.5. The second-order valence-corrected chi connectivity index (χ2v) is 6.24. The van der Waals surface area contributed by atoms with Crippen molar-refractivity contribution in [1.29, 1.82) is 0 Å². The van der Waals surface area contributed by atoms with Gasteiger partial charge in [-0.3, -0.25) is 9.69 Å². The van der Waals surface area contributed by atoms with Crippen LogP contribution in [0, 0.1) is 18.7 Å². The molecular formula is C17H25FN2O2. The molecule has 0 spiro atoms. The number of nitrogens with zero attached hydrogens (tertiary/aromatic N) is 1. The van der Waals surface area contributed by atoms with Crippen molar-refractivity contribution >= 4 is 5.91 Å². The summed E-state index contributed by atoms with van der Waals surface area (Å²) in [6.45, 7) is 5.83. The van der Waals surface area contributed by atoms with Gasteiger partial charge in [0.1, 0.15) is 5.82 Å². The molecule has 1 aromatic rings. The first kappa shape index (κ1) is 16.9. The molecule has 122 valence electrons. The number of hydrogen-bond acceptors (Lipinski definition) is 3. The molecule has 1 heterocycles. The van der Waals surface area contributed by atoms with Gasteiger partial charge < -0.3 is 10.4 Å². The summed E-state index contributed by atoms with van der Waals surface area (Å²) >= 11 is 0. The number of benzene rings is 1. The van der Waals surface area contributed by atoms with Gasteiger partial charge in [0.05, 0.1) is 12.6 Å². The summed E-state index contributed by atoms with van der Waals surface area (Å²) in [6, 6.07) is 5.00. The van der Waals surface area contributed by atoms with Crippen LogP contribution in [0.5, 0.6) is 0 Å². The fourth-order valence-electron chi connectivity index (χ4n) is 2.83. The Hall–Kier alpha value is -1.46. The molecule has 2 atom stereocenters. The number of nitrogens with one attached hydrogen (secondary N) is 1. The van der Waals surface area contributed by atoms with E-state index in [0.29, 0.717) is 18.7 Å². The molecule has 1 aliphatic rings. The van der Waals surface area contributed by atoms with Crippen molar-refractivity contribution in [2.45, 2.75) is 39.3 Å². The summed E-state index contributed by atoms with van der Waals surface area (Å²) in [6.07, 6.45) is 1.69. The molecule has 1 fully saturated rings. The van der Waals surface area contributed by atoms with E-state index in [2.05, 4.69) is 10.2 Å². The first-order chi connectivity index (χ1) is 10.5. The predicted molar refractivity (Wildman–Crippen MR) is 83.8 cm³/mol. The first-order valence-electron chi connectivity index (χ1n) is 7.88. The molecule has 1 aliphatic heterocycles. The van der Waals surface area contributed by atoms with E-state index in [9.17, 15) is 14.3 Å². The fourth-order valence-corrected chi connectivity index (χ4v) is 2.83. The van der Waals surface area contributed by atoms with E-state index in [0.717, 1.165) is 31.5 Å². The summed E-state index contributed by atoms with van der Waals surface area (Å²) in [5, 5.41) is 12.5. The van der Waals surface area contributed by atoms with Crippen molar-refractivity contribution in [3.8, 4) is 0 Å². The van der Waals surface area contributed by atoms with E-state index >= 15 is 0 Å². The number of aryl methyl sites for hydroxylation is 1. The molecule has 5 heteroatoms. The number of rotatable bonds is 5. The number of halogens is 1. The Morgan fingerprint density at radius 2 is 2.32 bits per heavy atom. The molecule has 0 saturated carbocycles. The predicted octanol–water partition coefficient (Wildman–Crippen LogP) is 1.84. The molecule has 2 N–H and O–H groups in total. The number of amides is 1. The number of likely N-dealkylation sites (tertiary alicyclic amines) is 1. The van der Waals surface area contributed by atoms with Crippen LogP contribution < -0.4 is 5.32 Å². The third kappa shape index (κ3) is 4.78. The highest BCUT2D eigenvalue weighted by atomic mass is 19.1. The van der Waals surface area contributed by atoms with Crippen LogP contribution in [0.25, 0.3) is 0 Å². The van der Waals surface area contributed by atoms with Crippen LogP contribution >= 0.6 is 0 Å². The van der Waals surface area contributed by atoms with E-state index < -0.39 is 0 Å². The second kappa shape index (κ2) is 7.70. The van der Waals surface area contributed by atoms with Gasteiger partial charge in [-0.2, -0.15) is 0 Å². The van der Waals surface area contributed by atoms with Crippen LogP contribution in [0.4, 0.5) is 4.39 Å². The van der Waals surface area contributed by atoms with E-state index in [1.165, 1.54) is 6.07 Å². The zero-order chi connectivity index (χ0) is 16.1. The Bertz CT molecular complexity index is 519. The van der Waals surface area contributed by atoms with Gasteiger partial charge in [0, 0.05) is 13.1 Å². The van der Waals surface area contributed by atoms with Crippen LogP contribution in [0.1, 0.15) is 30.9 Å². The van der Waals surface area contributed by atoms with Gasteiger partial charge in [-0.05, 0) is 56.3 Å². The summed E-state index contributed by atoms with van der Waals surface area (Å²) in [4.78, 5) is 14.1. The molecule has 4 nitrogen and oxygen atoms in total. The Kier molecular flexibility index (Phi) is 5.91. The Balaban J connectivity index is 1.79. The Morgan fingerprint density at radius 1 is 1.55 bits per heavy atom. The highest BCUT2D eigenvalue weighted by Gasteiger charge is 2.24. The lowest BCUT2D eigenvalue weighted by molar-refractivity contribution is -0.123. The van der Waals surface area contributed by atoms with Gasteiger partial charge >= 0.3 is 0 Å². The monoisotopic (exact) mass is 308 g/mol. The van der Waals surface area contributed by atoms with Crippen molar-refractivity contribution in [3.05, 3.63) is 35.1 Å². The number of piperidine rings is 1. The molecule has 0 radical (unpaired) electrons. The van der Waals surface area contributed by atoms with Crippen LogP contribution in [0.3, 0.4) is 0 Å². The third-order valence-electron chi connectivity index (χ3n) is 4.32. The summed E-state index contributed by atoms with van der Waals surface area (Å²) in [5.41, 5.74) is 1.37. The first-order valence-corrected chi connectivity index (χ1v) is 7.88. The molecule has 2 rings (SSSR count). The van der Waals surface area contributed by atoms with Crippen molar-refractivity contribution in [2.24, 2.45) is 5.92 Å². The van der Waals surface area contributed by atoms with Crippen molar-refractivity contribution < 1.29 is 14.3 Å². The number of hydrogen-bond donors (Lipinski definition) is 2. The van der Waals surface area contributed by atoms with Gasteiger partial charge in [0.2, 0.25) is 5.91 Å². The summed E-state index contributed by atoms with van der Waals surface area (Å²) in [7, 11) is 0. The van der Waals surface area contributed by atoms with Crippen LogP contribution in [0.2, 0.25) is 0 Å². The Morgan fingerprint density at radius 3 is 3.00 bits per heavy atom. The molecule has 0 aliphatic carbocycles. The van der Waals surface area contributed by atoms with Crippen molar-refractivity contribution in [1.82, 2.24) is 10.2 Å². The highest BCUT2D eigenvalue weighted by Crippen LogP contribution is 2.19. The minimum Gasteiger partial charge on any atom is -0.393 e. The maximum Gasteiger partial charge on any atom is 0.234 e. The minimum absolute atomic E-state index is 0.0628. The molecule has 2 unspecified atom stereocenters. The zero-order valence-electron chi connectivity index (χ0n) is 13.3. The maximum absolute atomic E-state index is 13.5. The fraction of sp³-hybridized carbons (Fsp3) is 0.588. The standard InChI is InChI=1S/C17H25FN2O2/c1-12-5-6-14(8-16(12)18)9-19-17(22)11-20-7-3-4-15(10-20)13(2)21/h5-6,8,13,15,21H,3-4,7,9-11H2,1-2H3,(H,19,22). The molecule has 1 aromatic carbocycles. The summed E-state index contributed by atoms with van der Waals surface area (Å²) in [5.74, 6) is -0.0671. The van der Waals surface area contributed by atoms with E-state index in [1.54, 1.807) is 19.9 Å². The SMILES string of the molecule is Cc1ccc(CNC(=O)CN2CCCC(C(C)O)C2)cc1F. The maximum atomic E-state index is 13.5. The quantitative estimate of drug-likeness (QED) is 0.873. The second-order valence-electron chi connectivity index (χ2n) is 6.24. The minimum atomic E-state index is -0.332. The zero-order valence-corrected chi connectivity index (χ0v) is 13.3. The smallest absolute Gasteiger partial charge is 0.234 e. The van der Waals surface area contributed by atoms with Gasteiger partial charge in [-0.15, -0.1) is 0 Å². The number of carbonyl (C=O) groups excluding carboxylic acids is 1. The topological polar surface area (TPSA) is 52.6 Å². The van der Waals surface area contributed by atoms with E-state index in [1.807, 2.05) is 6.07 Å². The number of aliphatic hydroxyl groups is 1. The lowest BCUT2D eigenvalue weighted by atomic mass is 9.93. The van der Waals surface area contributed by atoms with Crippen molar-refractivity contribution in [2.75, 3.05) is 19.6 Å².